The van der Waals surface area contributed by atoms with E-state index in [2.05, 4.69) is 446 Å². The summed E-state index contributed by atoms with van der Waals surface area (Å²) in [6.07, 6.45) is 0. The molecule has 8 heteroatoms. The first-order valence-corrected chi connectivity index (χ1v) is 44.3. The summed E-state index contributed by atoms with van der Waals surface area (Å²) in [6.45, 7) is 13.6. The molecule has 18 aromatic carbocycles. The Kier molecular flexibility index (Phi) is 13.7. The predicted octanol–water partition coefficient (Wildman–Crippen LogP) is 25.6. The fourth-order valence-corrected chi connectivity index (χ4v) is 24.1. The number of nitrogens with zero attached hydrogens (tertiary/aromatic N) is 6. The fraction of sp³-hybridized carbons (Fsp3) is 0.0769. The average molecular weight is 1590 g/mol. The van der Waals surface area contributed by atoms with E-state index in [1.807, 2.05) is 0 Å². The van der Waals surface area contributed by atoms with E-state index in [0.29, 0.717) is 0 Å². The van der Waals surface area contributed by atoms with E-state index in [0.717, 1.165) is 22.7 Å². The normalized spacial score (nSPS) is 14.0. The monoisotopic (exact) mass is 1590 g/mol. The number of rotatable bonds is 6. The lowest BCUT2D eigenvalue weighted by atomic mass is 9.33. The number of hydrogen-bond donors (Lipinski definition) is 0. The van der Waals surface area contributed by atoms with E-state index in [4.69, 9.17) is 0 Å². The van der Waals surface area contributed by atoms with Gasteiger partial charge in [-0.15, -0.1) is 0 Å². The maximum atomic E-state index is 2.69. The van der Waals surface area contributed by atoms with Gasteiger partial charge in [-0.25, -0.2) is 0 Å². The highest BCUT2D eigenvalue weighted by Crippen LogP contribution is 2.65. The summed E-state index contributed by atoms with van der Waals surface area (Å²) in [7, 11) is 0. The maximum absolute atomic E-state index is 2.69. The summed E-state index contributed by atoms with van der Waals surface area (Å²) in [6, 6.07) is 146. The highest BCUT2D eigenvalue weighted by molar-refractivity contribution is 7.01. The van der Waals surface area contributed by atoms with Gasteiger partial charge < -0.3 is 28.1 Å². The van der Waals surface area contributed by atoms with Gasteiger partial charge in [-0.3, -0.25) is 0 Å². The third kappa shape index (κ3) is 9.14. The molecule has 6 nitrogen and oxygen atoms in total. The molecule has 2 aliphatic carbocycles. The second-order valence-corrected chi connectivity index (χ2v) is 37.8. The van der Waals surface area contributed by atoms with Gasteiger partial charge in [0.15, 0.2) is 0 Å². The molecule has 6 aliphatic rings. The van der Waals surface area contributed by atoms with E-state index in [-0.39, 0.29) is 24.3 Å². The number of benzene rings is 18. The van der Waals surface area contributed by atoms with Crippen molar-refractivity contribution < 1.29 is 0 Å². The third-order valence-electron chi connectivity index (χ3n) is 29.4. The Morgan fingerprint density at radius 2 is 0.560 bits per heavy atom. The lowest BCUT2D eigenvalue weighted by molar-refractivity contribution is 0.590. The minimum Gasteiger partial charge on any atom is -0.311 e. The van der Waals surface area contributed by atoms with Gasteiger partial charge in [-0.1, -0.05) is 296 Å². The molecule has 0 amide bonds. The summed E-state index contributed by atoms with van der Waals surface area (Å²) in [5.41, 5.74) is 46.0. The standard InChI is InChI=1S/C117H80B2N6/c1-115(2,3)73-51-47-69(48-52-73)71-59-107-111-109(61-71)124-103-57-55-77(122-99-43-21-15-33-81(99)82-34-16-22-44-100(82)122)63-89(103)85-37-25-41-95(113(85)124)118(111)97-65-87-79-31-13-19-39-91(79)117(93(87)67-105(97)120(107)75-27-9-7-10-28-75)92-40-20-14-32-80(92)88-66-98-106(68-94(88)117)121(76-29-11-8-12-30-76)108-60-72(70-49-53-74(54-50-70)116(4,5)6)62-110-112(108)119(98)96-42-26-38-86-90-64-78(56-58-104(90)125(110)114(86)96)123-101-45-23-17-35-83(101)84-36-18-24-46-102(84)123/h7-68H,1-6H3. The van der Waals surface area contributed by atoms with Gasteiger partial charge in [0.1, 0.15) is 0 Å². The molecule has 4 aromatic heterocycles. The SMILES string of the molecule is CC(C)(C)c1ccc(-c2cc3c4c(c2)-n2c5ccc(-n6c7ccccc7c7ccccc76)cc5c5cccc(c52)B4c2cc4c(cc2N3c2ccccc2)C2(c3ccccc3-4)c3ccccc3-c3cc4c(cc32)N(c2ccccc2)c2cc(-c3ccc(C(C)(C)C)cc3)cc3c2B4c2cccc4c5cc(-n6c7ccccc7c7ccccc76)ccc5n-3c24)cc1. The van der Waals surface area contributed by atoms with Crippen molar-refractivity contribution in [2.75, 3.05) is 9.80 Å². The van der Waals surface area contributed by atoms with Crippen LogP contribution < -0.4 is 42.6 Å². The predicted molar refractivity (Wildman–Crippen MR) is 527 cm³/mol. The van der Waals surface area contributed by atoms with Crippen LogP contribution in [-0.4, -0.2) is 31.7 Å². The van der Waals surface area contributed by atoms with E-state index < -0.39 is 5.41 Å². The molecule has 0 saturated carbocycles. The molecule has 0 radical (unpaired) electrons. The number of para-hydroxylation sites is 8. The van der Waals surface area contributed by atoms with Crippen LogP contribution in [0.3, 0.4) is 0 Å². The highest BCUT2D eigenvalue weighted by atomic mass is 15.2. The first-order valence-electron chi connectivity index (χ1n) is 44.3. The smallest absolute Gasteiger partial charge is 0.252 e. The zero-order valence-electron chi connectivity index (χ0n) is 70.1. The van der Waals surface area contributed by atoms with Crippen LogP contribution in [0.5, 0.6) is 0 Å². The van der Waals surface area contributed by atoms with Crippen LogP contribution in [0.1, 0.15) is 74.9 Å². The first kappa shape index (κ1) is 69.5. The summed E-state index contributed by atoms with van der Waals surface area (Å²) in [5.74, 6) is 0. The summed E-state index contributed by atoms with van der Waals surface area (Å²) >= 11 is 0. The maximum Gasteiger partial charge on any atom is 0.252 e. The van der Waals surface area contributed by atoms with E-state index in [1.165, 1.54) is 232 Å². The second-order valence-electron chi connectivity index (χ2n) is 37.8. The van der Waals surface area contributed by atoms with Gasteiger partial charge in [0.2, 0.25) is 0 Å². The third-order valence-corrected chi connectivity index (χ3v) is 29.4. The number of fused-ring (bicyclic) bond motifs is 30. The average Bonchev–Trinajstić information content (AvgIpc) is 1.51. The van der Waals surface area contributed by atoms with Crippen LogP contribution in [0.15, 0.2) is 376 Å². The molecule has 584 valence electrons. The molecule has 4 aliphatic heterocycles. The quantitative estimate of drug-likeness (QED) is 0.155. The second kappa shape index (κ2) is 24.6. The zero-order chi connectivity index (χ0) is 82.5. The van der Waals surface area contributed by atoms with Crippen molar-refractivity contribution in [1.29, 1.82) is 0 Å². The van der Waals surface area contributed by atoms with Crippen molar-refractivity contribution in [2.45, 2.75) is 57.8 Å². The van der Waals surface area contributed by atoms with Crippen molar-refractivity contribution in [3.05, 3.63) is 409 Å². The summed E-state index contributed by atoms with van der Waals surface area (Å²) in [4.78, 5) is 5.32. The Balaban J connectivity index is 0.705. The largest absolute Gasteiger partial charge is 0.311 e. The van der Waals surface area contributed by atoms with Gasteiger partial charge in [0.05, 0.1) is 38.5 Å². The van der Waals surface area contributed by atoms with Crippen molar-refractivity contribution >= 4 is 168 Å². The van der Waals surface area contributed by atoms with Gasteiger partial charge in [-0.05, 0) is 243 Å². The molecule has 8 heterocycles. The first-order chi connectivity index (χ1) is 61.3. The van der Waals surface area contributed by atoms with Crippen molar-refractivity contribution in [2.24, 2.45) is 0 Å². The van der Waals surface area contributed by atoms with Gasteiger partial charge in [0, 0.05) is 111 Å². The molecule has 0 saturated heterocycles. The van der Waals surface area contributed by atoms with E-state index >= 15 is 0 Å². The fourth-order valence-electron chi connectivity index (χ4n) is 24.1. The minimum atomic E-state index is -0.781. The Hall–Kier alpha value is -15.1. The van der Waals surface area contributed by atoms with Crippen molar-refractivity contribution in [3.63, 3.8) is 0 Å². The van der Waals surface area contributed by atoms with E-state index in [1.54, 1.807) is 0 Å². The van der Waals surface area contributed by atoms with Crippen LogP contribution in [-0.2, 0) is 16.2 Å². The van der Waals surface area contributed by atoms with Gasteiger partial charge in [0.25, 0.3) is 13.4 Å². The van der Waals surface area contributed by atoms with Gasteiger partial charge in [-0.2, -0.15) is 0 Å². The van der Waals surface area contributed by atoms with Crippen LogP contribution in [0.25, 0.3) is 154 Å². The molecule has 0 fully saturated rings. The van der Waals surface area contributed by atoms with Crippen LogP contribution in [0, 0.1) is 0 Å². The Bertz CT molecular complexity index is 7970. The summed E-state index contributed by atoms with van der Waals surface area (Å²) < 4.78 is 10.3. The lowest BCUT2D eigenvalue weighted by Gasteiger charge is -2.42. The zero-order valence-corrected chi connectivity index (χ0v) is 70.1. The molecule has 125 heavy (non-hydrogen) atoms. The Labute approximate surface area is 725 Å². The highest BCUT2D eigenvalue weighted by Gasteiger charge is 2.56. The lowest BCUT2D eigenvalue weighted by Crippen LogP contribution is -2.60. The molecule has 0 atom stereocenters. The number of anilines is 6. The van der Waals surface area contributed by atoms with E-state index in [9.17, 15) is 0 Å². The van der Waals surface area contributed by atoms with Gasteiger partial charge >= 0.3 is 0 Å². The Morgan fingerprint density at radius 1 is 0.216 bits per heavy atom. The van der Waals surface area contributed by atoms with Crippen LogP contribution >= 0.6 is 0 Å². The molecule has 0 N–H and O–H groups in total. The van der Waals surface area contributed by atoms with Crippen molar-refractivity contribution in [1.82, 2.24) is 18.3 Å². The molecule has 28 rings (SSSR count). The van der Waals surface area contributed by atoms with Crippen molar-refractivity contribution in [3.8, 4) is 67.3 Å². The molecular weight excluding hydrogens is 1510 g/mol. The summed E-state index contributed by atoms with van der Waals surface area (Å²) in [5, 5.41) is 9.98. The molecule has 0 unspecified atom stereocenters. The Morgan fingerprint density at radius 3 is 0.952 bits per heavy atom. The van der Waals surface area contributed by atoms with Crippen LogP contribution in [0.4, 0.5) is 34.1 Å². The molecule has 0 bridgehead atoms. The molecule has 22 aromatic rings. The topological polar surface area (TPSA) is 26.2 Å². The number of hydrogen-bond acceptors (Lipinski definition) is 2. The minimum absolute atomic E-state index is 0.0201. The number of aromatic nitrogens is 4. The molecule has 1 spiro atoms. The molecular formula is C117H80B2N6. The van der Waals surface area contributed by atoms with Crippen LogP contribution in [0.2, 0.25) is 0 Å².